The standard InChI is InChI=1S/C18H28N2O/c1-5-19-17-10-12(2)6-9-16(17)18(21)20-15-8-7-13(3)14(4)11-15/h6,9-10,13-15,19H,5,7-8,11H2,1-4H3,(H,20,21). The Labute approximate surface area is 128 Å². The predicted octanol–water partition coefficient (Wildman–Crippen LogP) is 3.98. The summed E-state index contributed by atoms with van der Waals surface area (Å²) in [7, 11) is 0. The Kier molecular flexibility index (Phi) is 5.27. The lowest BCUT2D eigenvalue weighted by molar-refractivity contribution is 0.0911. The molecule has 21 heavy (non-hydrogen) atoms. The third-order valence-electron chi connectivity index (χ3n) is 4.72. The van der Waals surface area contributed by atoms with Crippen molar-refractivity contribution in [3.8, 4) is 0 Å². The van der Waals surface area contributed by atoms with Crippen molar-refractivity contribution < 1.29 is 4.79 Å². The fourth-order valence-corrected chi connectivity index (χ4v) is 3.13. The van der Waals surface area contributed by atoms with Gasteiger partial charge < -0.3 is 10.6 Å². The zero-order chi connectivity index (χ0) is 15.4. The molecule has 116 valence electrons. The number of benzene rings is 1. The van der Waals surface area contributed by atoms with Crippen LogP contribution in [0.3, 0.4) is 0 Å². The van der Waals surface area contributed by atoms with E-state index < -0.39 is 0 Å². The van der Waals surface area contributed by atoms with Crippen LogP contribution < -0.4 is 10.6 Å². The van der Waals surface area contributed by atoms with Crippen molar-refractivity contribution in [2.24, 2.45) is 11.8 Å². The number of carbonyl (C=O) groups is 1. The van der Waals surface area contributed by atoms with E-state index in [2.05, 4.69) is 24.5 Å². The highest BCUT2D eigenvalue weighted by atomic mass is 16.1. The Hall–Kier alpha value is -1.51. The summed E-state index contributed by atoms with van der Waals surface area (Å²) in [5, 5.41) is 6.52. The van der Waals surface area contributed by atoms with Crippen molar-refractivity contribution >= 4 is 11.6 Å². The Morgan fingerprint density at radius 2 is 2.00 bits per heavy atom. The molecule has 0 aromatic heterocycles. The van der Waals surface area contributed by atoms with Crippen molar-refractivity contribution in [1.29, 1.82) is 0 Å². The number of aryl methyl sites for hydroxylation is 1. The summed E-state index contributed by atoms with van der Waals surface area (Å²) in [6.07, 6.45) is 3.40. The van der Waals surface area contributed by atoms with Gasteiger partial charge in [-0.3, -0.25) is 4.79 Å². The van der Waals surface area contributed by atoms with Crippen molar-refractivity contribution in [3.63, 3.8) is 0 Å². The van der Waals surface area contributed by atoms with Crippen molar-refractivity contribution in [2.75, 3.05) is 11.9 Å². The van der Waals surface area contributed by atoms with Gasteiger partial charge in [-0.15, -0.1) is 0 Å². The average Bonchev–Trinajstić information content (AvgIpc) is 2.43. The normalized spacial score (nSPS) is 25.4. The molecule has 2 N–H and O–H groups in total. The first-order valence-corrected chi connectivity index (χ1v) is 8.16. The third-order valence-corrected chi connectivity index (χ3v) is 4.72. The number of hydrogen-bond donors (Lipinski definition) is 2. The van der Waals surface area contributed by atoms with Gasteiger partial charge in [0.2, 0.25) is 0 Å². The summed E-state index contributed by atoms with van der Waals surface area (Å²) in [6.45, 7) is 9.52. The molecular formula is C18H28N2O. The molecule has 3 atom stereocenters. The Morgan fingerprint density at radius 3 is 2.67 bits per heavy atom. The average molecular weight is 288 g/mol. The van der Waals surface area contributed by atoms with Gasteiger partial charge in [-0.2, -0.15) is 0 Å². The Morgan fingerprint density at radius 1 is 1.24 bits per heavy atom. The van der Waals surface area contributed by atoms with E-state index in [-0.39, 0.29) is 5.91 Å². The second-order valence-corrected chi connectivity index (χ2v) is 6.52. The van der Waals surface area contributed by atoms with Crippen molar-refractivity contribution in [1.82, 2.24) is 5.32 Å². The lowest BCUT2D eigenvalue weighted by atomic mass is 9.79. The molecule has 1 aromatic rings. The molecule has 3 nitrogen and oxygen atoms in total. The van der Waals surface area contributed by atoms with Gasteiger partial charge in [-0.25, -0.2) is 0 Å². The van der Waals surface area contributed by atoms with Crippen LogP contribution in [0.2, 0.25) is 0 Å². The molecule has 1 amide bonds. The maximum Gasteiger partial charge on any atom is 0.253 e. The highest BCUT2D eigenvalue weighted by molar-refractivity contribution is 5.99. The first kappa shape index (κ1) is 15.9. The number of nitrogens with one attached hydrogen (secondary N) is 2. The predicted molar refractivity (Wildman–Crippen MR) is 88.8 cm³/mol. The Bertz CT molecular complexity index is 498. The fourth-order valence-electron chi connectivity index (χ4n) is 3.13. The van der Waals surface area contributed by atoms with Crippen LogP contribution in [0.5, 0.6) is 0 Å². The number of rotatable bonds is 4. The number of amides is 1. The fraction of sp³-hybridized carbons (Fsp3) is 0.611. The van der Waals surface area contributed by atoms with Crippen LogP contribution in [0.15, 0.2) is 18.2 Å². The molecule has 0 heterocycles. The van der Waals surface area contributed by atoms with Crippen molar-refractivity contribution in [2.45, 2.75) is 53.0 Å². The minimum Gasteiger partial charge on any atom is -0.385 e. The smallest absolute Gasteiger partial charge is 0.253 e. The summed E-state index contributed by atoms with van der Waals surface area (Å²) in [5.41, 5.74) is 2.86. The molecule has 3 heteroatoms. The van der Waals surface area contributed by atoms with E-state index in [1.165, 1.54) is 12.0 Å². The van der Waals surface area contributed by atoms with E-state index in [1.807, 2.05) is 32.0 Å². The minimum absolute atomic E-state index is 0.0534. The van der Waals surface area contributed by atoms with Crippen LogP contribution in [-0.4, -0.2) is 18.5 Å². The Balaban J connectivity index is 2.06. The molecule has 1 aliphatic carbocycles. The molecule has 0 aliphatic heterocycles. The molecule has 0 bridgehead atoms. The summed E-state index contributed by atoms with van der Waals surface area (Å²) >= 11 is 0. The zero-order valence-electron chi connectivity index (χ0n) is 13.7. The lowest BCUT2D eigenvalue weighted by Gasteiger charge is -2.32. The highest BCUT2D eigenvalue weighted by Gasteiger charge is 2.26. The van der Waals surface area contributed by atoms with Gasteiger partial charge in [0.05, 0.1) is 5.56 Å². The summed E-state index contributed by atoms with van der Waals surface area (Å²) in [5.74, 6) is 1.52. The monoisotopic (exact) mass is 288 g/mol. The molecule has 1 aromatic carbocycles. The molecule has 2 rings (SSSR count). The van der Waals surface area contributed by atoms with E-state index in [0.29, 0.717) is 12.0 Å². The molecule has 0 radical (unpaired) electrons. The molecule has 0 spiro atoms. The summed E-state index contributed by atoms with van der Waals surface area (Å²) in [6, 6.07) is 6.29. The maximum atomic E-state index is 12.6. The van der Waals surface area contributed by atoms with Crippen molar-refractivity contribution in [3.05, 3.63) is 29.3 Å². The second kappa shape index (κ2) is 6.97. The summed E-state index contributed by atoms with van der Waals surface area (Å²) in [4.78, 5) is 12.6. The van der Waals surface area contributed by atoms with Gasteiger partial charge in [0.1, 0.15) is 0 Å². The lowest BCUT2D eigenvalue weighted by Crippen LogP contribution is -2.40. The maximum absolute atomic E-state index is 12.6. The molecule has 0 saturated heterocycles. The van der Waals surface area contributed by atoms with E-state index in [0.717, 1.165) is 36.6 Å². The van der Waals surface area contributed by atoms with Crippen LogP contribution in [0.1, 0.15) is 56.0 Å². The number of hydrogen-bond acceptors (Lipinski definition) is 2. The first-order chi connectivity index (χ1) is 10.0. The highest BCUT2D eigenvalue weighted by Crippen LogP contribution is 2.29. The van der Waals surface area contributed by atoms with Crippen LogP contribution in [0.4, 0.5) is 5.69 Å². The van der Waals surface area contributed by atoms with Crippen LogP contribution >= 0.6 is 0 Å². The number of anilines is 1. The van der Waals surface area contributed by atoms with Gasteiger partial charge in [0, 0.05) is 18.3 Å². The van der Waals surface area contributed by atoms with E-state index in [4.69, 9.17) is 0 Å². The second-order valence-electron chi connectivity index (χ2n) is 6.52. The molecule has 1 saturated carbocycles. The van der Waals surface area contributed by atoms with Crippen LogP contribution in [0.25, 0.3) is 0 Å². The van der Waals surface area contributed by atoms with Gasteiger partial charge in [-0.05, 0) is 62.6 Å². The molecule has 1 fully saturated rings. The van der Waals surface area contributed by atoms with E-state index in [9.17, 15) is 4.79 Å². The van der Waals surface area contributed by atoms with Crippen LogP contribution in [0, 0.1) is 18.8 Å². The molecule has 1 aliphatic rings. The molecular weight excluding hydrogens is 260 g/mol. The largest absolute Gasteiger partial charge is 0.385 e. The SMILES string of the molecule is CCNc1cc(C)ccc1C(=O)NC1CCC(C)C(C)C1. The number of carbonyl (C=O) groups excluding carboxylic acids is 1. The van der Waals surface area contributed by atoms with Gasteiger partial charge in [-0.1, -0.05) is 19.9 Å². The topological polar surface area (TPSA) is 41.1 Å². The zero-order valence-corrected chi connectivity index (χ0v) is 13.7. The third kappa shape index (κ3) is 3.99. The molecule has 3 unspecified atom stereocenters. The van der Waals surface area contributed by atoms with E-state index in [1.54, 1.807) is 0 Å². The summed E-state index contributed by atoms with van der Waals surface area (Å²) < 4.78 is 0. The van der Waals surface area contributed by atoms with Gasteiger partial charge >= 0.3 is 0 Å². The quantitative estimate of drug-likeness (QED) is 0.880. The van der Waals surface area contributed by atoms with E-state index >= 15 is 0 Å². The van der Waals surface area contributed by atoms with Gasteiger partial charge in [0.15, 0.2) is 0 Å². The van der Waals surface area contributed by atoms with Crippen LogP contribution in [-0.2, 0) is 0 Å². The minimum atomic E-state index is 0.0534. The first-order valence-electron chi connectivity index (χ1n) is 8.16. The van der Waals surface area contributed by atoms with Gasteiger partial charge in [0.25, 0.3) is 5.91 Å².